The van der Waals surface area contributed by atoms with E-state index in [-0.39, 0.29) is 0 Å². The van der Waals surface area contributed by atoms with Gasteiger partial charge in [-0.15, -0.1) is 0 Å². The Hall–Kier alpha value is -0.0800. The van der Waals surface area contributed by atoms with Gasteiger partial charge in [0.15, 0.2) is 0 Å². The van der Waals surface area contributed by atoms with Crippen LogP contribution in [0.4, 0.5) is 0 Å². The SMILES string of the molecule is CNCC1CCC1CNC. The monoisotopic (exact) mass is 142 g/mol. The normalized spacial score (nSPS) is 31.8. The van der Waals surface area contributed by atoms with E-state index in [1.54, 1.807) is 0 Å². The average molecular weight is 142 g/mol. The van der Waals surface area contributed by atoms with Gasteiger partial charge in [0.1, 0.15) is 0 Å². The van der Waals surface area contributed by atoms with E-state index in [1.807, 2.05) is 14.1 Å². The van der Waals surface area contributed by atoms with Crippen molar-refractivity contribution in [3.8, 4) is 0 Å². The molecule has 0 aromatic carbocycles. The fourth-order valence-corrected chi connectivity index (χ4v) is 1.70. The van der Waals surface area contributed by atoms with E-state index in [9.17, 15) is 0 Å². The first-order valence-electron chi connectivity index (χ1n) is 4.17. The maximum Gasteiger partial charge on any atom is -0.00204 e. The molecule has 0 aliphatic heterocycles. The van der Waals surface area contributed by atoms with Crippen molar-refractivity contribution in [3.05, 3.63) is 0 Å². The molecule has 1 aliphatic rings. The Morgan fingerprint density at radius 2 is 1.40 bits per heavy atom. The van der Waals surface area contributed by atoms with Gasteiger partial charge in [0, 0.05) is 0 Å². The van der Waals surface area contributed by atoms with Gasteiger partial charge in [-0.1, -0.05) is 0 Å². The molecule has 0 bridgehead atoms. The fourth-order valence-electron chi connectivity index (χ4n) is 1.70. The Morgan fingerprint density at radius 3 is 1.60 bits per heavy atom. The summed E-state index contributed by atoms with van der Waals surface area (Å²) in [4.78, 5) is 0. The Morgan fingerprint density at radius 1 is 1.00 bits per heavy atom. The summed E-state index contributed by atoms with van der Waals surface area (Å²) in [7, 11) is 4.07. The molecule has 0 radical (unpaired) electrons. The van der Waals surface area contributed by atoms with Crippen LogP contribution in [0, 0.1) is 11.8 Å². The zero-order valence-corrected chi connectivity index (χ0v) is 6.98. The average Bonchev–Trinajstić information content (AvgIpc) is 1.93. The van der Waals surface area contributed by atoms with Crippen LogP contribution in [0.25, 0.3) is 0 Å². The van der Waals surface area contributed by atoms with Crippen LogP contribution >= 0.6 is 0 Å². The molecule has 2 nitrogen and oxygen atoms in total. The molecule has 2 heteroatoms. The van der Waals surface area contributed by atoms with Crippen LogP contribution in [0.5, 0.6) is 0 Å². The molecule has 0 heterocycles. The van der Waals surface area contributed by atoms with E-state index < -0.39 is 0 Å². The lowest BCUT2D eigenvalue weighted by Crippen LogP contribution is -2.39. The summed E-state index contributed by atoms with van der Waals surface area (Å²) in [6, 6.07) is 0. The van der Waals surface area contributed by atoms with Gasteiger partial charge < -0.3 is 10.6 Å². The van der Waals surface area contributed by atoms with Crippen LogP contribution in [-0.4, -0.2) is 27.2 Å². The summed E-state index contributed by atoms with van der Waals surface area (Å²) in [6.07, 6.45) is 2.85. The third-order valence-electron chi connectivity index (χ3n) is 2.51. The molecule has 2 N–H and O–H groups in total. The van der Waals surface area contributed by atoms with Crippen molar-refractivity contribution in [3.63, 3.8) is 0 Å². The summed E-state index contributed by atoms with van der Waals surface area (Å²) < 4.78 is 0. The molecule has 60 valence electrons. The summed E-state index contributed by atoms with van der Waals surface area (Å²) in [5.41, 5.74) is 0. The van der Waals surface area contributed by atoms with E-state index in [2.05, 4.69) is 10.6 Å². The first kappa shape index (κ1) is 8.02. The summed E-state index contributed by atoms with van der Waals surface area (Å²) in [5.74, 6) is 1.88. The third-order valence-corrected chi connectivity index (χ3v) is 2.51. The predicted molar refractivity (Wildman–Crippen MR) is 44.1 cm³/mol. The predicted octanol–water partition coefficient (Wildman–Crippen LogP) is 0.451. The molecule has 0 spiro atoms. The van der Waals surface area contributed by atoms with Crippen LogP contribution in [0.3, 0.4) is 0 Å². The zero-order valence-electron chi connectivity index (χ0n) is 6.98. The van der Waals surface area contributed by atoms with Crippen molar-refractivity contribution in [2.24, 2.45) is 11.8 Å². The van der Waals surface area contributed by atoms with Gasteiger partial charge in [0.05, 0.1) is 0 Å². The number of hydrogen-bond acceptors (Lipinski definition) is 2. The van der Waals surface area contributed by atoms with Gasteiger partial charge in [0.2, 0.25) is 0 Å². The Bertz CT molecular complexity index is 81.3. The zero-order chi connectivity index (χ0) is 7.40. The molecule has 1 saturated carbocycles. The van der Waals surface area contributed by atoms with Crippen molar-refractivity contribution in [2.45, 2.75) is 12.8 Å². The number of hydrogen-bond donors (Lipinski definition) is 2. The number of rotatable bonds is 4. The molecule has 0 aromatic heterocycles. The Labute approximate surface area is 63.4 Å². The lowest BCUT2D eigenvalue weighted by atomic mass is 9.73. The summed E-state index contributed by atoms with van der Waals surface area (Å²) in [6.45, 7) is 2.40. The number of nitrogens with one attached hydrogen (secondary N) is 2. The fraction of sp³-hybridized carbons (Fsp3) is 1.00. The van der Waals surface area contributed by atoms with E-state index >= 15 is 0 Å². The minimum Gasteiger partial charge on any atom is -0.319 e. The standard InChI is InChI=1S/C8H18N2/c1-9-5-7-3-4-8(7)6-10-2/h7-10H,3-6H2,1-2H3. The van der Waals surface area contributed by atoms with Gasteiger partial charge in [-0.2, -0.15) is 0 Å². The highest BCUT2D eigenvalue weighted by Crippen LogP contribution is 2.32. The molecule has 1 rings (SSSR count). The second kappa shape index (κ2) is 3.94. The van der Waals surface area contributed by atoms with Crippen molar-refractivity contribution < 1.29 is 0 Å². The molecular formula is C8H18N2. The third kappa shape index (κ3) is 1.70. The lowest BCUT2D eigenvalue weighted by molar-refractivity contribution is 0.173. The van der Waals surface area contributed by atoms with Crippen molar-refractivity contribution in [1.82, 2.24) is 10.6 Å². The van der Waals surface area contributed by atoms with Gasteiger partial charge in [-0.3, -0.25) is 0 Å². The summed E-state index contributed by atoms with van der Waals surface area (Å²) >= 11 is 0. The first-order chi connectivity index (χ1) is 4.88. The first-order valence-corrected chi connectivity index (χ1v) is 4.17. The highest BCUT2D eigenvalue weighted by atomic mass is 14.9. The van der Waals surface area contributed by atoms with Crippen LogP contribution in [-0.2, 0) is 0 Å². The van der Waals surface area contributed by atoms with E-state index in [1.165, 1.54) is 25.9 Å². The largest absolute Gasteiger partial charge is 0.319 e. The van der Waals surface area contributed by atoms with Crippen molar-refractivity contribution in [2.75, 3.05) is 27.2 Å². The quantitative estimate of drug-likeness (QED) is 0.595. The molecular weight excluding hydrogens is 124 g/mol. The maximum atomic E-state index is 3.23. The molecule has 1 fully saturated rings. The highest BCUT2D eigenvalue weighted by molar-refractivity contribution is 4.82. The van der Waals surface area contributed by atoms with Crippen LogP contribution < -0.4 is 10.6 Å². The Balaban J connectivity index is 2.09. The second-order valence-electron chi connectivity index (χ2n) is 3.21. The van der Waals surface area contributed by atoms with Crippen LogP contribution in [0.2, 0.25) is 0 Å². The minimum absolute atomic E-state index is 0.942. The van der Waals surface area contributed by atoms with Gasteiger partial charge >= 0.3 is 0 Å². The van der Waals surface area contributed by atoms with E-state index in [4.69, 9.17) is 0 Å². The molecule has 1 aliphatic carbocycles. The van der Waals surface area contributed by atoms with Crippen LogP contribution in [0.15, 0.2) is 0 Å². The van der Waals surface area contributed by atoms with Gasteiger partial charge in [-0.05, 0) is 51.9 Å². The molecule has 2 atom stereocenters. The second-order valence-corrected chi connectivity index (χ2v) is 3.21. The smallest absolute Gasteiger partial charge is 0.00204 e. The Kier molecular flexibility index (Phi) is 3.16. The minimum atomic E-state index is 0.942. The molecule has 0 saturated heterocycles. The van der Waals surface area contributed by atoms with E-state index in [0.717, 1.165) is 11.8 Å². The van der Waals surface area contributed by atoms with Gasteiger partial charge in [0.25, 0.3) is 0 Å². The van der Waals surface area contributed by atoms with Crippen molar-refractivity contribution >= 4 is 0 Å². The van der Waals surface area contributed by atoms with Gasteiger partial charge in [-0.25, -0.2) is 0 Å². The molecule has 10 heavy (non-hydrogen) atoms. The topological polar surface area (TPSA) is 24.1 Å². The van der Waals surface area contributed by atoms with E-state index in [0.29, 0.717) is 0 Å². The molecule has 0 aromatic rings. The maximum absolute atomic E-state index is 3.23. The lowest BCUT2D eigenvalue weighted by Gasteiger charge is -2.36. The molecule has 0 amide bonds. The van der Waals surface area contributed by atoms with Crippen LogP contribution in [0.1, 0.15) is 12.8 Å². The van der Waals surface area contributed by atoms with Crippen molar-refractivity contribution in [1.29, 1.82) is 0 Å². The highest BCUT2D eigenvalue weighted by Gasteiger charge is 2.28. The summed E-state index contributed by atoms with van der Waals surface area (Å²) in [5, 5.41) is 6.46. The molecule has 2 unspecified atom stereocenters.